The van der Waals surface area contributed by atoms with E-state index < -0.39 is 22.6 Å². The third kappa shape index (κ3) is 3.60. The number of halogens is 2. The molecule has 0 N–H and O–H groups in total. The zero-order valence-electron chi connectivity index (χ0n) is 13.1. The fourth-order valence-corrected chi connectivity index (χ4v) is 3.90. The first-order chi connectivity index (χ1) is 11.0. The Bertz CT molecular complexity index is 468. The van der Waals surface area contributed by atoms with Crippen molar-refractivity contribution in [3.63, 3.8) is 0 Å². The van der Waals surface area contributed by atoms with Gasteiger partial charge in [0.25, 0.3) is 0 Å². The molecular formula is C15H22Cl2N2O4. The number of ether oxygens (including phenoxy) is 2. The summed E-state index contributed by atoms with van der Waals surface area (Å²) in [7, 11) is 2.04. The maximum Gasteiger partial charge on any atom is 0.312 e. The molecule has 0 spiro atoms. The smallest absolute Gasteiger partial charge is 0.312 e. The molecule has 3 saturated heterocycles. The summed E-state index contributed by atoms with van der Waals surface area (Å²) in [5, 5.41) is 0. The molecule has 3 heterocycles. The predicted octanol–water partition coefficient (Wildman–Crippen LogP) is 0.901. The van der Waals surface area contributed by atoms with E-state index in [9.17, 15) is 9.59 Å². The minimum absolute atomic E-state index is 0.0144. The topological polar surface area (TPSA) is 59.1 Å². The summed E-state index contributed by atoms with van der Waals surface area (Å²) in [6.07, 6.45) is 1.22. The number of alkyl halides is 2. The normalized spacial score (nSPS) is 34.2. The van der Waals surface area contributed by atoms with Crippen LogP contribution in [0.15, 0.2) is 0 Å². The van der Waals surface area contributed by atoms with E-state index in [4.69, 9.17) is 32.7 Å². The van der Waals surface area contributed by atoms with E-state index in [2.05, 4.69) is 4.90 Å². The van der Waals surface area contributed by atoms with Crippen LogP contribution in [0.4, 0.5) is 0 Å². The van der Waals surface area contributed by atoms with Crippen LogP contribution >= 0.6 is 23.2 Å². The van der Waals surface area contributed by atoms with Crippen molar-refractivity contribution in [1.29, 1.82) is 0 Å². The SMILES string of the molecule is CN1CCN(C(=O)C2C(C(=O)OCC(Cl)Cl)[C@H]3CC[C@@H]2O3)CC1. The first-order valence-electron chi connectivity index (χ1n) is 8.05. The van der Waals surface area contributed by atoms with Gasteiger partial charge < -0.3 is 19.3 Å². The molecule has 4 atom stereocenters. The van der Waals surface area contributed by atoms with Crippen LogP contribution in [0, 0.1) is 11.8 Å². The lowest BCUT2D eigenvalue weighted by Crippen LogP contribution is -2.52. The van der Waals surface area contributed by atoms with Crippen LogP contribution in [0.2, 0.25) is 0 Å². The second-order valence-electron chi connectivity index (χ2n) is 6.49. The number of hydrogen-bond donors (Lipinski definition) is 0. The Hall–Kier alpha value is -0.560. The third-order valence-corrected chi connectivity index (χ3v) is 5.25. The lowest BCUT2D eigenvalue weighted by molar-refractivity contribution is -0.156. The maximum atomic E-state index is 12.9. The number of amides is 1. The second-order valence-corrected chi connectivity index (χ2v) is 7.77. The molecule has 1 amide bonds. The average molecular weight is 365 g/mol. The summed E-state index contributed by atoms with van der Waals surface area (Å²) in [6.45, 7) is 3.02. The van der Waals surface area contributed by atoms with Crippen molar-refractivity contribution in [3.05, 3.63) is 0 Å². The first-order valence-corrected chi connectivity index (χ1v) is 8.92. The van der Waals surface area contributed by atoms with Crippen molar-refractivity contribution in [2.75, 3.05) is 39.8 Å². The number of fused-ring (bicyclic) bond motifs is 2. The average Bonchev–Trinajstić information content (AvgIpc) is 3.13. The minimum atomic E-state index is -0.759. The predicted molar refractivity (Wildman–Crippen MR) is 85.4 cm³/mol. The number of hydrogen-bond acceptors (Lipinski definition) is 5. The highest BCUT2D eigenvalue weighted by Gasteiger charge is 2.57. The number of carbonyl (C=O) groups excluding carboxylic acids is 2. The van der Waals surface area contributed by atoms with Gasteiger partial charge in [0.15, 0.2) is 0 Å². The van der Waals surface area contributed by atoms with E-state index >= 15 is 0 Å². The molecule has 3 aliphatic heterocycles. The van der Waals surface area contributed by atoms with Crippen LogP contribution in [0.25, 0.3) is 0 Å². The molecule has 3 rings (SSSR count). The van der Waals surface area contributed by atoms with Crippen LogP contribution < -0.4 is 0 Å². The van der Waals surface area contributed by atoms with Crippen molar-refractivity contribution < 1.29 is 19.1 Å². The van der Waals surface area contributed by atoms with Crippen LogP contribution in [0.5, 0.6) is 0 Å². The van der Waals surface area contributed by atoms with Crippen molar-refractivity contribution in [2.45, 2.75) is 29.9 Å². The number of piperazine rings is 1. The first kappa shape index (κ1) is 17.3. The van der Waals surface area contributed by atoms with E-state index in [-0.39, 0.29) is 24.7 Å². The Balaban J connectivity index is 1.68. The van der Waals surface area contributed by atoms with Gasteiger partial charge in [-0.3, -0.25) is 9.59 Å². The summed E-state index contributed by atoms with van der Waals surface area (Å²) in [5.74, 6) is -1.38. The second kappa shape index (κ2) is 7.13. The van der Waals surface area contributed by atoms with Crippen LogP contribution in [0.1, 0.15) is 12.8 Å². The van der Waals surface area contributed by atoms with E-state index in [1.807, 2.05) is 11.9 Å². The van der Waals surface area contributed by atoms with E-state index in [0.29, 0.717) is 13.1 Å². The monoisotopic (exact) mass is 364 g/mol. The molecule has 2 bridgehead atoms. The van der Waals surface area contributed by atoms with Gasteiger partial charge in [0.2, 0.25) is 5.91 Å². The summed E-state index contributed by atoms with van der Waals surface area (Å²) >= 11 is 11.2. The van der Waals surface area contributed by atoms with Gasteiger partial charge in [-0.2, -0.15) is 0 Å². The largest absolute Gasteiger partial charge is 0.462 e. The van der Waals surface area contributed by atoms with Crippen LogP contribution in [-0.4, -0.2) is 78.6 Å². The van der Waals surface area contributed by atoms with Gasteiger partial charge in [-0.15, -0.1) is 23.2 Å². The summed E-state index contributed by atoms with van der Waals surface area (Å²) in [4.78, 5) is 28.6. The maximum absolute atomic E-state index is 12.9. The van der Waals surface area contributed by atoms with Crippen molar-refractivity contribution in [2.24, 2.45) is 11.8 Å². The third-order valence-electron chi connectivity index (χ3n) is 5.00. The Morgan fingerprint density at radius 1 is 1.13 bits per heavy atom. The Morgan fingerprint density at radius 2 is 1.74 bits per heavy atom. The highest BCUT2D eigenvalue weighted by Crippen LogP contribution is 2.45. The summed E-state index contributed by atoms with van der Waals surface area (Å²) < 4.78 is 11.0. The molecule has 2 unspecified atom stereocenters. The quantitative estimate of drug-likeness (QED) is 0.547. The van der Waals surface area contributed by atoms with Gasteiger partial charge in [-0.1, -0.05) is 0 Å². The number of nitrogens with zero attached hydrogens (tertiary/aromatic N) is 2. The molecule has 0 aromatic heterocycles. The molecule has 3 aliphatic rings. The zero-order valence-corrected chi connectivity index (χ0v) is 14.6. The van der Waals surface area contributed by atoms with Gasteiger partial charge in [0.1, 0.15) is 11.4 Å². The zero-order chi connectivity index (χ0) is 16.6. The van der Waals surface area contributed by atoms with E-state index in [1.165, 1.54) is 0 Å². The summed E-state index contributed by atoms with van der Waals surface area (Å²) in [5.41, 5.74) is 0. The lowest BCUT2D eigenvalue weighted by atomic mass is 9.78. The standard InChI is InChI=1S/C15H22Cl2N2O4/c1-18-4-6-19(7-5-18)14(20)12-9-2-3-10(23-9)13(12)15(21)22-8-11(16)17/h9-13H,2-8H2,1H3/t9-,10+,12?,13?/m0/s1. The Kier molecular flexibility index (Phi) is 5.35. The molecule has 0 saturated carbocycles. The summed E-state index contributed by atoms with van der Waals surface area (Å²) in [6, 6.07) is 0. The molecular weight excluding hydrogens is 343 g/mol. The number of likely N-dealkylation sites (N-methyl/N-ethyl adjacent to an activating group) is 1. The molecule has 8 heteroatoms. The lowest BCUT2D eigenvalue weighted by Gasteiger charge is -2.36. The molecule has 0 aromatic carbocycles. The highest BCUT2D eigenvalue weighted by molar-refractivity contribution is 6.44. The van der Waals surface area contributed by atoms with Gasteiger partial charge in [0, 0.05) is 26.2 Å². The Morgan fingerprint density at radius 3 is 2.35 bits per heavy atom. The van der Waals surface area contributed by atoms with Crippen LogP contribution in [-0.2, 0) is 19.1 Å². The van der Waals surface area contributed by atoms with Crippen LogP contribution in [0.3, 0.4) is 0 Å². The molecule has 0 aliphatic carbocycles. The van der Waals surface area contributed by atoms with Gasteiger partial charge in [-0.25, -0.2) is 0 Å². The highest BCUT2D eigenvalue weighted by atomic mass is 35.5. The molecule has 3 fully saturated rings. The molecule has 23 heavy (non-hydrogen) atoms. The molecule has 130 valence electrons. The molecule has 0 radical (unpaired) electrons. The fraction of sp³-hybridized carbons (Fsp3) is 0.867. The van der Waals surface area contributed by atoms with Gasteiger partial charge in [0.05, 0.1) is 24.0 Å². The van der Waals surface area contributed by atoms with Crippen molar-refractivity contribution in [1.82, 2.24) is 9.80 Å². The number of rotatable bonds is 4. The Labute approximate surface area is 146 Å². The van der Waals surface area contributed by atoms with Gasteiger partial charge in [-0.05, 0) is 19.9 Å². The molecule has 6 nitrogen and oxygen atoms in total. The fourth-order valence-electron chi connectivity index (χ4n) is 3.77. The van der Waals surface area contributed by atoms with E-state index in [1.54, 1.807) is 0 Å². The number of carbonyl (C=O) groups is 2. The minimum Gasteiger partial charge on any atom is -0.462 e. The van der Waals surface area contributed by atoms with Gasteiger partial charge >= 0.3 is 5.97 Å². The van der Waals surface area contributed by atoms with Crippen molar-refractivity contribution in [3.8, 4) is 0 Å². The number of esters is 1. The van der Waals surface area contributed by atoms with E-state index in [0.717, 1.165) is 25.9 Å². The molecule has 0 aromatic rings. The van der Waals surface area contributed by atoms with Crippen molar-refractivity contribution >= 4 is 35.1 Å².